The third-order valence-corrected chi connectivity index (χ3v) is 1.41. The quantitative estimate of drug-likeness (QED) is 0.522. The van der Waals surface area contributed by atoms with Gasteiger partial charge in [0.1, 0.15) is 13.5 Å². The predicted octanol–water partition coefficient (Wildman–Crippen LogP) is -0.423. The van der Waals surface area contributed by atoms with Crippen LogP contribution in [0.3, 0.4) is 0 Å². The highest BCUT2D eigenvalue weighted by Gasteiger charge is 2.07. The van der Waals surface area contributed by atoms with Gasteiger partial charge in [0, 0.05) is 20.3 Å². The lowest BCUT2D eigenvalue weighted by atomic mass is 9.99. The van der Waals surface area contributed by atoms with E-state index in [0.29, 0.717) is 11.2 Å². The second kappa shape index (κ2) is 3.39. The maximum absolute atomic E-state index is 11.3. The predicted molar refractivity (Wildman–Crippen MR) is 47.6 cm³/mol. The Morgan fingerprint density at radius 3 is 2.58 bits per heavy atom. The van der Waals surface area contributed by atoms with Gasteiger partial charge in [0.15, 0.2) is 0 Å². The van der Waals surface area contributed by atoms with Crippen molar-refractivity contribution >= 4 is 19.2 Å². The van der Waals surface area contributed by atoms with E-state index in [4.69, 9.17) is 7.85 Å². The van der Waals surface area contributed by atoms with Crippen LogP contribution in [0.25, 0.3) is 0 Å². The smallest absolute Gasteiger partial charge is 0.271 e. The highest BCUT2D eigenvalue weighted by atomic mass is 16.2. The summed E-state index contributed by atoms with van der Waals surface area (Å²) in [5, 5.41) is 0. The van der Waals surface area contributed by atoms with Crippen LogP contribution in [0.2, 0.25) is 0 Å². The molecule has 1 amide bonds. The molecule has 60 valence electrons. The zero-order chi connectivity index (χ0) is 9.14. The van der Waals surface area contributed by atoms with Crippen molar-refractivity contribution < 1.29 is 4.79 Å². The molecule has 0 unspecified atom stereocenters. The van der Waals surface area contributed by atoms with Gasteiger partial charge >= 0.3 is 0 Å². The number of hydrogen-bond acceptors (Lipinski definition) is 2. The Hall–Kier alpha value is -1.32. The van der Waals surface area contributed by atoms with Crippen LogP contribution in [-0.4, -0.2) is 37.7 Å². The number of carbonyl (C=O) groups is 1. The van der Waals surface area contributed by atoms with Crippen LogP contribution in [0.5, 0.6) is 0 Å². The van der Waals surface area contributed by atoms with Gasteiger partial charge in [-0.1, -0.05) is 11.5 Å². The molecule has 1 rings (SSSR count). The van der Waals surface area contributed by atoms with Gasteiger partial charge in [0.25, 0.3) is 5.91 Å². The van der Waals surface area contributed by atoms with Crippen molar-refractivity contribution in [3.8, 4) is 0 Å². The lowest BCUT2D eigenvalue weighted by Gasteiger charge is -2.08. The fourth-order valence-electron chi connectivity index (χ4n) is 0.761. The van der Waals surface area contributed by atoms with E-state index in [1.54, 1.807) is 26.2 Å². The van der Waals surface area contributed by atoms with Crippen molar-refractivity contribution in [2.75, 3.05) is 14.1 Å². The first kappa shape index (κ1) is 8.78. The van der Waals surface area contributed by atoms with E-state index < -0.39 is 0 Å². The molecule has 2 radical (unpaired) electrons. The Morgan fingerprint density at radius 2 is 2.17 bits per heavy atom. The van der Waals surface area contributed by atoms with Gasteiger partial charge in [-0.25, -0.2) is 0 Å². The van der Waals surface area contributed by atoms with Crippen LogP contribution in [0.4, 0.5) is 0 Å². The molecule has 0 aliphatic heterocycles. The van der Waals surface area contributed by atoms with Crippen molar-refractivity contribution in [2.24, 2.45) is 0 Å². The number of amides is 1. The molecule has 0 bridgehead atoms. The maximum atomic E-state index is 11.3. The number of pyridine rings is 1. The third-order valence-electron chi connectivity index (χ3n) is 1.41. The lowest BCUT2D eigenvalue weighted by Crippen LogP contribution is -2.23. The average molecular weight is 160 g/mol. The van der Waals surface area contributed by atoms with Crippen molar-refractivity contribution in [2.45, 2.75) is 0 Å². The standard InChI is InChI=1S/C8H9BN2O/c1-11(2)8(12)7-4-3-6(9)5-10-7/h3-5H,1-2H3. The Morgan fingerprint density at radius 1 is 1.50 bits per heavy atom. The minimum Gasteiger partial charge on any atom is -0.343 e. The van der Waals surface area contributed by atoms with Gasteiger partial charge in [-0.15, -0.1) is 0 Å². The van der Waals surface area contributed by atoms with Crippen LogP contribution in [-0.2, 0) is 0 Å². The summed E-state index contributed by atoms with van der Waals surface area (Å²) < 4.78 is 0. The van der Waals surface area contributed by atoms with Crippen molar-refractivity contribution in [3.05, 3.63) is 24.0 Å². The van der Waals surface area contributed by atoms with Gasteiger partial charge in [0.2, 0.25) is 0 Å². The molecule has 1 heterocycles. The van der Waals surface area contributed by atoms with Crippen molar-refractivity contribution in [3.63, 3.8) is 0 Å². The number of nitrogens with zero attached hydrogens (tertiary/aromatic N) is 2. The molecule has 0 fully saturated rings. The summed E-state index contributed by atoms with van der Waals surface area (Å²) >= 11 is 0. The van der Waals surface area contributed by atoms with E-state index in [1.165, 1.54) is 11.1 Å². The van der Waals surface area contributed by atoms with Gasteiger partial charge in [0.05, 0.1) is 0 Å². The topological polar surface area (TPSA) is 33.2 Å². The lowest BCUT2D eigenvalue weighted by molar-refractivity contribution is 0.0822. The molecule has 4 heteroatoms. The number of aromatic nitrogens is 1. The molecule has 0 aliphatic rings. The summed E-state index contributed by atoms with van der Waals surface area (Å²) in [4.78, 5) is 16.6. The van der Waals surface area contributed by atoms with E-state index in [0.717, 1.165) is 0 Å². The third kappa shape index (κ3) is 1.84. The van der Waals surface area contributed by atoms with Gasteiger partial charge in [-0.2, -0.15) is 0 Å². The molecular formula is C8H9BN2O. The molecule has 0 aliphatic carbocycles. The van der Waals surface area contributed by atoms with Gasteiger partial charge < -0.3 is 4.90 Å². The highest BCUT2D eigenvalue weighted by molar-refractivity contribution is 6.32. The molecule has 12 heavy (non-hydrogen) atoms. The first-order chi connectivity index (χ1) is 5.61. The zero-order valence-corrected chi connectivity index (χ0v) is 7.11. The van der Waals surface area contributed by atoms with Crippen LogP contribution in [0.15, 0.2) is 18.3 Å². The van der Waals surface area contributed by atoms with E-state index in [2.05, 4.69) is 4.98 Å². The van der Waals surface area contributed by atoms with E-state index in [-0.39, 0.29) is 5.91 Å². The molecule has 0 saturated carbocycles. The first-order valence-electron chi connectivity index (χ1n) is 3.54. The normalized spacial score (nSPS) is 9.50. The fourth-order valence-corrected chi connectivity index (χ4v) is 0.761. The van der Waals surface area contributed by atoms with Crippen LogP contribution < -0.4 is 5.46 Å². The monoisotopic (exact) mass is 160 g/mol. The minimum atomic E-state index is -0.116. The molecule has 0 spiro atoms. The molecule has 0 atom stereocenters. The summed E-state index contributed by atoms with van der Waals surface area (Å²) in [6.07, 6.45) is 1.47. The molecule has 0 saturated heterocycles. The first-order valence-corrected chi connectivity index (χ1v) is 3.54. The molecule has 1 aromatic heterocycles. The van der Waals surface area contributed by atoms with E-state index >= 15 is 0 Å². The Bertz CT molecular complexity index is 282. The maximum Gasteiger partial charge on any atom is 0.271 e. The summed E-state index contributed by atoms with van der Waals surface area (Å²) in [5.41, 5.74) is 0.972. The summed E-state index contributed by atoms with van der Waals surface area (Å²) in [6.45, 7) is 0. The highest BCUT2D eigenvalue weighted by Crippen LogP contribution is 1.94. The molecule has 1 aromatic rings. The van der Waals surface area contributed by atoms with Gasteiger partial charge in [-0.3, -0.25) is 9.78 Å². The van der Waals surface area contributed by atoms with Crippen LogP contribution in [0.1, 0.15) is 10.5 Å². The number of rotatable bonds is 1. The van der Waals surface area contributed by atoms with Crippen molar-refractivity contribution in [1.82, 2.24) is 9.88 Å². The van der Waals surface area contributed by atoms with Crippen molar-refractivity contribution in [1.29, 1.82) is 0 Å². The summed E-state index contributed by atoms with van der Waals surface area (Å²) in [5.74, 6) is -0.116. The van der Waals surface area contributed by atoms with Crippen LogP contribution >= 0.6 is 0 Å². The Labute approximate surface area is 72.8 Å². The fraction of sp³-hybridized carbons (Fsp3) is 0.250. The number of hydrogen-bond donors (Lipinski definition) is 0. The molecule has 0 N–H and O–H groups in total. The molecule has 0 aromatic carbocycles. The average Bonchev–Trinajstić information content (AvgIpc) is 2.04. The van der Waals surface area contributed by atoms with E-state index in [9.17, 15) is 4.79 Å². The van der Waals surface area contributed by atoms with Gasteiger partial charge in [-0.05, 0) is 6.07 Å². The Balaban J connectivity index is 2.90. The second-order valence-electron chi connectivity index (χ2n) is 2.68. The van der Waals surface area contributed by atoms with E-state index in [1.807, 2.05) is 0 Å². The summed E-state index contributed by atoms with van der Waals surface area (Å²) in [7, 11) is 8.78. The number of carbonyl (C=O) groups excluding carboxylic acids is 1. The second-order valence-corrected chi connectivity index (χ2v) is 2.68. The molecule has 3 nitrogen and oxygen atoms in total. The Kier molecular flexibility index (Phi) is 2.48. The zero-order valence-electron chi connectivity index (χ0n) is 7.11. The largest absolute Gasteiger partial charge is 0.343 e. The SMILES string of the molecule is [B]c1ccc(C(=O)N(C)C)nc1. The molecular weight excluding hydrogens is 151 g/mol. The minimum absolute atomic E-state index is 0.116. The van der Waals surface area contributed by atoms with Crippen LogP contribution in [0, 0.1) is 0 Å². The summed E-state index contributed by atoms with van der Waals surface area (Å²) in [6, 6.07) is 3.27.